The average molecular weight is 308 g/mol. The highest BCUT2D eigenvalue weighted by Gasteiger charge is 2.40. The summed E-state index contributed by atoms with van der Waals surface area (Å²) in [5, 5.41) is 3.73. The zero-order valence-corrected chi connectivity index (χ0v) is 12.6. The van der Waals surface area contributed by atoms with Crippen LogP contribution in [-0.4, -0.2) is 31.0 Å². The van der Waals surface area contributed by atoms with Gasteiger partial charge in [-0.15, -0.1) is 0 Å². The molecule has 0 bridgehead atoms. The van der Waals surface area contributed by atoms with Crippen molar-refractivity contribution < 1.29 is 17.7 Å². The number of rotatable bonds is 3. The van der Waals surface area contributed by atoms with Crippen LogP contribution in [0, 0.1) is 13.8 Å². The zero-order valence-electron chi connectivity index (χ0n) is 11.8. The van der Waals surface area contributed by atoms with E-state index in [1.54, 1.807) is 13.8 Å². The number of hydrogen-bond donors (Lipinski definition) is 0. The van der Waals surface area contributed by atoms with E-state index in [-0.39, 0.29) is 4.90 Å². The summed E-state index contributed by atoms with van der Waals surface area (Å²) in [5.74, 6) is 0.297. The molecular formula is C14H16N2O4S. The van der Waals surface area contributed by atoms with Crippen LogP contribution in [0.3, 0.4) is 0 Å². The van der Waals surface area contributed by atoms with Gasteiger partial charge < -0.3 is 9.26 Å². The highest BCUT2D eigenvalue weighted by atomic mass is 32.2. The summed E-state index contributed by atoms with van der Waals surface area (Å²) in [7, 11) is -3.70. The van der Waals surface area contributed by atoms with Crippen LogP contribution in [0.5, 0.6) is 0 Å². The van der Waals surface area contributed by atoms with Gasteiger partial charge in [0.1, 0.15) is 16.8 Å². The Balaban J connectivity index is 2.03. The van der Waals surface area contributed by atoms with Crippen LogP contribution in [0.15, 0.2) is 39.8 Å². The van der Waals surface area contributed by atoms with Gasteiger partial charge in [0.05, 0.1) is 6.61 Å². The lowest BCUT2D eigenvalue weighted by Gasteiger charge is -2.22. The van der Waals surface area contributed by atoms with Gasteiger partial charge in [-0.25, -0.2) is 8.42 Å². The number of aromatic nitrogens is 1. The Bertz CT molecular complexity index is 720. The minimum atomic E-state index is -3.70. The molecule has 0 radical (unpaired) electrons. The highest BCUT2D eigenvalue weighted by molar-refractivity contribution is 7.89. The predicted molar refractivity (Wildman–Crippen MR) is 75.0 cm³/mol. The predicted octanol–water partition coefficient (Wildman–Crippen LogP) is 2.01. The molecule has 1 aromatic heterocycles. The van der Waals surface area contributed by atoms with Gasteiger partial charge in [0.15, 0.2) is 5.76 Å². The molecule has 1 fully saturated rings. The fourth-order valence-corrected chi connectivity index (χ4v) is 4.34. The van der Waals surface area contributed by atoms with Crippen molar-refractivity contribution in [3.63, 3.8) is 0 Å². The molecule has 1 aromatic carbocycles. The molecule has 3 rings (SSSR count). The smallest absolute Gasteiger partial charge is 0.251 e. The molecule has 0 spiro atoms. The molecular weight excluding hydrogens is 292 g/mol. The molecule has 1 aliphatic heterocycles. The van der Waals surface area contributed by atoms with E-state index in [4.69, 9.17) is 9.26 Å². The number of nitrogens with zero attached hydrogens (tertiary/aromatic N) is 2. The van der Waals surface area contributed by atoms with Crippen LogP contribution in [0.4, 0.5) is 0 Å². The molecule has 7 heteroatoms. The lowest BCUT2D eigenvalue weighted by atomic mass is 10.2. The van der Waals surface area contributed by atoms with Gasteiger partial charge in [0.25, 0.3) is 10.0 Å². The molecule has 2 heterocycles. The van der Waals surface area contributed by atoms with Gasteiger partial charge in [-0.05, 0) is 19.4 Å². The summed E-state index contributed by atoms with van der Waals surface area (Å²) in [6.07, 6.45) is -0.607. The first kappa shape index (κ1) is 14.2. The molecule has 0 saturated carbocycles. The summed E-state index contributed by atoms with van der Waals surface area (Å²) >= 11 is 0. The maximum absolute atomic E-state index is 12.9. The largest absolute Gasteiger partial charge is 0.360 e. The zero-order chi connectivity index (χ0) is 15.0. The summed E-state index contributed by atoms with van der Waals surface area (Å²) < 4.78 is 37.7. The number of hydrogen-bond acceptors (Lipinski definition) is 5. The first-order valence-corrected chi connectivity index (χ1v) is 8.07. The highest BCUT2D eigenvalue weighted by Crippen LogP contribution is 2.34. The van der Waals surface area contributed by atoms with Crippen LogP contribution in [0.25, 0.3) is 0 Å². The SMILES string of the molecule is Cc1noc(C)c1S(=O)(=O)N1CCOC1c1ccccc1. The van der Waals surface area contributed by atoms with Crippen molar-refractivity contribution in [1.82, 2.24) is 9.46 Å². The fourth-order valence-electron chi connectivity index (χ4n) is 2.54. The Labute approximate surface area is 123 Å². The quantitative estimate of drug-likeness (QED) is 0.867. The average Bonchev–Trinajstić information content (AvgIpc) is 3.07. The summed E-state index contributed by atoms with van der Waals surface area (Å²) in [4.78, 5) is 0.133. The van der Waals surface area contributed by atoms with E-state index in [1.165, 1.54) is 4.31 Å². The van der Waals surface area contributed by atoms with Crippen LogP contribution < -0.4 is 0 Å². The maximum Gasteiger partial charge on any atom is 0.251 e. The second-order valence-corrected chi connectivity index (χ2v) is 6.73. The topological polar surface area (TPSA) is 72.6 Å². The molecule has 0 N–H and O–H groups in total. The minimum absolute atomic E-state index is 0.133. The minimum Gasteiger partial charge on any atom is -0.360 e. The van der Waals surface area contributed by atoms with E-state index in [0.29, 0.717) is 24.6 Å². The van der Waals surface area contributed by atoms with Crippen molar-refractivity contribution in [2.75, 3.05) is 13.2 Å². The van der Waals surface area contributed by atoms with Gasteiger partial charge in [0, 0.05) is 6.54 Å². The molecule has 0 amide bonds. The van der Waals surface area contributed by atoms with Crippen LogP contribution in [0.2, 0.25) is 0 Å². The first-order chi connectivity index (χ1) is 10.0. The molecule has 1 unspecified atom stereocenters. The normalized spacial score (nSPS) is 20.0. The Morgan fingerprint density at radius 2 is 1.95 bits per heavy atom. The fraction of sp³-hybridized carbons (Fsp3) is 0.357. The lowest BCUT2D eigenvalue weighted by molar-refractivity contribution is 0.0683. The summed E-state index contributed by atoms with van der Waals surface area (Å²) in [5.41, 5.74) is 1.18. The number of sulfonamides is 1. The molecule has 2 aromatic rings. The van der Waals surface area contributed by atoms with Crippen molar-refractivity contribution in [2.45, 2.75) is 25.0 Å². The molecule has 6 nitrogen and oxygen atoms in total. The van der Waals surface area contributed by atoms with Crippen molar-refractivity contribution >= 4 is 10.0 Å². The number of aryl methyl sites for hydroxylation is 2. The molecule has 1 aliphatic rings. The Hall–Kier alpha value is -1.70. The van der Waals surface area contributed by atoms with Crippen LogP contribution in [-0.2, 0) is 14.8 Å². The third-order valence-electron chi connectivity index (χ3n) is 3.47. The molecule has 21 heavy (non-hydrogen) atoms. The standard InChI is InChI=1S/C14H16N2O4S/c1-10-13(11(2)20-15-10)21(17,18)16-8-9-19-14(16)12-6-4-3-5-7-12/h3-7,14H,8-9H2,1-2H3. The van der Waals surface area contributed by atoms with Gasteiger partial charge in [-0.2, -0.15) is 4.31 Å². The van der Waals surface area contributed by atoms with Gasteiger partial charge in [-0.1, -0.05) is 35.5 Å². The number of benzene rings is 1. The van der Waals surface area contributed by atoms with Crippen LogP contribution >= 0.6 is 0 Å². The van der Waals surface area contributed by atoms with E-state index in [2.05, 4.69) is 5.16 Å². The molecule has 1 atom stereocenters. The van der Waals surface area contributed by atoms with Gasteiger partial charge >= 0.3 is 0 Å². The first-order valence-electron chi connectivity index (χ1n) is 6.63. The van der Waals surface area contributed by atoms with Crippen molar-refractivity contribution in [3.05, 3.63) is 47.3 Å². The van der Waals surface area contributed by atoms with Crippen LogP contribution in [0.1, 0.15) is 23.2 Å². The van der Waals surface area contributed by atoms with E-state index in [0.717, 1.165) is 5.56 Å². The Morgan fingerprint density at radius 3 is 2.57 bits per heavy atom. The second-order valence-electron chi connectivity index (χ2n) is 4.90. The third-order valence-corrected chi connectivity index (χ3v) is 5.56. The lowest BCUT2D eigenvalue weighted by Crippen LogP contribution is -2.31. The summed E-state index contributed by atoms with van der Waals surface area (Å²) in [6.45, 7) is 3.90. The van der Waals surface area contributed by atoms with E-state index >= 15 is 0 Å². The monoisotopic (exact) mass is 308 g/mol. The van der Waals surface area contributed by atoms with Crippen molar-refractivity contribution in [1.29, 1.82) is 0 Å². The maximum atomic E-state index is 12.9. The second kappa shape index (κ2) is 5.25. The molecule has 0 aliphatic carbocycles. The third kappa shape index (κ3) is 2.37. The Morgan fingerprint density at radius 1 is 1.24 bits per heavy atom. The van der Waals surface area contributed by atoms with Crippen molar-refractivity contribution in [3.8, 4) is 0 Å². The van der Waals surface area contributed by atoms with Gasteiger partial charge in [0.2, 0.25) is 0 Å². The number of ether oxygens (including phenoxy) is 1. The van der Waals surface area contributed by atoms with E-state index in [9.17, 15) is 8.42 Å². The van der Waals surface area contributed by atoms with Gasteiger partial charge in [-0.3, -0.25) is 0 Å². The summed E-state index contributed by atoms with van der Waals surface area (Å²) in [6, 6.07) is 9.30. The van der Waals surface area contributed by atoms with Crippen molar-refractivity contribution in [2.24, 2.45) is 0 Å². The van der Waals surface area contributed by atoms with E-state index in [1.807, 2.05) is 30.3 Å². The molecule has 112 valence electrons. The molecule has 1 saturated heterocycles. The van der Waals surface area contributed by atoms with E-state index < -0.39 is 16.3 Å². The Kier molecular flexibility index (Phi) is 3.56.